The van der Waals surface area contributed by atoms with Gasteiger partial charge < -0.3 is 15.0 Å². The largest absolute Gasteiger partial charge is 0.447 e. The fourth-order valence-corrected chi connectivity index (χ4v) is 5.27. The molecule has 1 aromatic carbocycles. The number of amides is 2. The Morgan fingerprint density at radius 2 is 1.96 bits per heavy atom. The lowest BCUT2D eigenvalue weighted by Gasteiger charge is -2.44. The number of piperidine rings is 1. The Balaban J connectivity index is 1.27. The van der Waals surface area contributed by atoms with Crippen molar-refractivity contribution >= 4 is 12.0 Å². The maximum atomic E-state index is 14.7. The first-order valence-corrected chi connectivity index (χ1v) is 9.05. The van der Waals surface area contributed by atoms with E-state index in [0.717, 1.165) is 0 Å². The van der Waals surface area contributed by atoms with Gasteiger partial charge in [0.1, 0.15) is 6.61 Å². The van der Waals surface area contributed by atoms with Crippen molar-refractivity contribution in [2.45, 2.75) is 36.1 Å². The molecule has 0 bridgehead atoms. The smallest absolute Gasteiger partial charge is 0.407 e. The summed E-state index contributed by atoms with van der Waals surface area (Å²) in [5.74, 6) is -3.86. The predicted octanol–water partition coefficient (Wildman–Crippen LogP) is 2.31. The molecule has 0 radical (unpaired) electrons. The number of alkyl carbamates (subject to hydrolysis) is 1. The Hall–Kier alpha value is -2.18. The third-order valence-corrected chi connectivity index (χ3v) is 6.79. The zero-order valence-corrected chi connectivity index (χ0v) is 14.2. The van der Waals surface area contributed by atoms with Gasteiger partial charge >= 0.3 is 6.09 Å². The van der Waals surface area contributed by atoms with Crippen LogP contribution in [0.5, 0.6) is 0 Å². The van der Waals surface area contributed by atoms with Crippen molar-refractivity contribution in [3.63, 3.8) is 0 Å². The van der Waals surface area contributed by atoms with Crippen molar-refractivity contribution in [2.24, 2.45) is 11.8 Å². The quantitative estimate of drug-likeness (QED) is 0.878. The zero-order valence-electron chi connectivity index (χ0n) is 14.2. The van der Waals surface area contributed by atoms with Crippen LogP contribution in [0.2, 0.25) is 0 Å². The molecule has 2 unspecified atom stereocenters. The molecule has 2 atom stereocenters. The van der Waals surface area contributed by atoms with Crippen molar-refractivity contribution in [3.8, 4) is 0 Å². The summed E-state index contributed by atoms with van der Waals surface area (Å²) >= 11 is 0. The molecule has 2 heterocycles. The number of carbonyl (C=O) groups is 2. The summed E-state index contributed by atoms with van der Waals surface area (Å²) < 4.78 is 34.2. The molecule has 7 heteroatoms. The number of likely N-dealkylation sites (tertiary alicyclic amines) is 1. The molecule has 1 N–H and O–H groups in total. The highest BCUT2D eigenvalue weighted by atomic mass is 19.3. The van der Waals surface area contributed by atoms with Gasteiger partial charge in [-0.3, -0.25) is 4.79 Å². The lowest BCUT2D eigenvalue weighted by Crippen LogP contribution is -2.58. The first kappa shape index (κ1) is 16.0. The molecule has 2 amide bonds. The molecule has 5 nitrogen and oxygen atoms in total. The molecule has 1 spiro atoms. The van der Waals surface area contributed by atoms with E-state index in [-0.39, 0.29) is 31.4 Å². The zero-order chi connectivity index (χ0) is 18.2. The summed E-state index contributed by atoms with van der Waals surface area (Å²) in [5, 5.41) is 2.76. The lowest BCUT2D eigenvalue weighted by molar-refractivity contribution is -0.142. The molecule has 2 saturated heterocycles. The van der Waals surface area contributed by atoms with E-state index in [1.165, 1.54) is 0 Å². The Morgan fingerprint density at radius 3 is 2.58 bits per heavy atom. The fourth-order valence-electron chi connectivity index (χ4n) is 5.27. The molecule has 5 rings (SSSR count). The second kappa shape index (κ2) is 4.96. The van der Waals surface area contributed by atoms with Crippen molar-refractivity contribution < 1.29 is 23.1 Å². The predicted molar refractivity (Wildman–Crippen MR) is 87.7 cm³/mol. The van der Waals surface area contributed by atoms with Gasteiger partial charge in [0.15, 0.2) is 0 Å². The number of carbonyl (C=O) groups excluding carboxylic acids is 2. The van der Waals surface area contributed by atoms with Crippen molar-refractivity contribution in [1.82, 2.24) is 10.2 Å². The lowest BCUT2D eigenvalue weighted by atomic mass is 9.68. The Morgan fingerprint density at radius 1 is 1.23 bits per heavy atom. The summed E-state index contributed by atoms with van der Waals surface area (Å²) in [6.07, 6.45) is 0.898. The molecule has 4 aliphatic rings. The van der Waals surface area contributed by atoms with Crippen LogP contribution in [0.15, 0.2) is 30.3 Å². The number of halogens is 2. The SMILES string of the molecule is O=C1NC2(CO1)CC(C(=O)N1CCC3(c4ccccc4)C(C1)C3(F)F)C2. The third-order valence-electron chi connectivity index (χ3n) is 6.79. The maximum Gasteiger partial charge on any atom is 0.407 e. The van der Waals surface area contributed by atoms with Gasteiger partial charge in [-0.25, -0.2) is 13.6 Å². The standard InChI is InChI=1S/C19H20F2N2O3/c20-19(21)14-10-23(7-6-18(14,19)13-4-2-1-3-5-13)15(24)12-8-17(9-12)11-26-16(25)22-17/h1-5,12,14H,6-11H2,(H,22,25). The second-order valence-electron chi connectivity index (χ2n) is 8.13. The molecule has 2 aliphatic carbocycles. The average molecular weight is 362 g/mol. The van der Waals surface area contributed by atoms with E-state index in [1.807, 2.05) is 6.07 Å². The Labute approximate surface area is 149 Å². The minimum Gasteiger partial charge on any atom is -0.447 e. The van der Waals surface area contributed by atoms with Crippen molar-refractivity contribution in [1.29, 1.82) is 0 Å². The van der Waals surface area contributed by atoms with E-state index >= 15 is 0 Å². The summed E-state index contributed by atoms with van der Waals surface area (Å²) in [4.78, 5) is 25.6. The Kier molecular flexibility index (Phi) is 3.06. The number of hydrogen-bond donors (Lipinski definition) is 1. The maximum absolute atomic E-state index is 14.7. The van der Waals surface area contributed by atoms with Gasteiger partial charge in [-0.1, -0.05) is 30.3 Å². The summed E-state index contributed by atoms with van der Waals surface area (Å²) in [6, 6.07) is 8.94. The molecule has 26 heavy (non-hydrogen) atoms. The van der Waals surface area contributed by atoms with Crippen LogP contribution in [0.1, 0.15) is 24.8 Å². The first-order valence-electron chi connectivity index (χ1n) is 9.05. The number of rotatable bonds is 2. The molecule has 4 fully saturated rings. The number of nitrogens with one attached hydrogen (secondary N) is 1. The van der Waals surface area contributed by atoms with Gasteiger partial charge in [0.05, 0.1) is 16.9 Å². The minimum absolute atomic E-state index is 0.0684. The number of fused-ring (bicyclic) bond motifs is 1. The van der Waals surface area contributed by atoms with Crippen molar-refractivity contribution in [2.75, 3.05) is 19.7 Å². The number of cyclic esters (lactones) is 1. The summed E-state index contributed by atoms with van der Waals surface area (Å²) in [5.41, 5.74) is -0.862. The van der Waals surface area contributed by atoms with Crippen molar-refractivity contribution in [3.05, 3.63) is 35.9 Å². The van der Waals surface area contributed by atoms with E-state index < -0.39 is 28.9 Å². The number of nitrogens with zero attached hydrogens (tertiary/aromatic N) is 1. The number of ether oxygens (including phenoxy) is 1. The van der Waals surface area contributed by atoms with Crippen LogP contribution in [0, 0.1) is 11.8 Å². The minimum atomic E-state index is -2.77. The van der Waals surface area contributed by atoms with E-state index in [1.54, 1.807) is 29.2 Å². The van der Waals surface area contributed by atoms with Crippen LogP contribution < -0.4 is 5.32 Å². The van der Waals surface area contributed by atoms with Crippen LogP contribution in [0.25, 0.3) is 0 Å². The van der Waals surface area contributed by atoms with E-state index in [4.69, 9.17) is 4.74 Å². The van der Waals surface area contributed by atoms with Crippen LogP contribution in [0.4, 0.5) is 13.6 Å². The Bertz CT molecular complexity index is 778. The summed E-state index contributed by atoms with van der Waals surface area (Å²) in [7, 11) is 0. The summed E-state index contributed by atoms with van der Waals surface area (Å²) in [6.45, 7) is 0.743. The van der Waals surface area contributed by atoms with E-state index in [9.17, 15) is 18.4 Å². The number of benzene rings is 1. The molecular formula is C19H20F2N2O3. The number of hydrogen-bond acceptors (Lipinski definition) is 3. The van der Waals surface area contributed by atoms with Crippen LogP contribution in [0.3, 0.4) is 0 Å². The van der Waals surface area contributed by atoms with Crippen LogP contribution in [-0.4, -0.2) is 48.1 Å². The molecule has 138 valence electrons. The monoisotopic (exact) mass is 362 g/mol. The molecule has 2 saturated carbocycles. The third kappa shape index (κ3) is 1.94. The van der Waals surface area contributed by atoms with Gasteiger partial charge in [0.2, 0.25) is 5.91 Å². The molecule has 2 aliphatic heterocycles. The van der Waals surface area contributed by atoms with Gasteiger partial charge in [-0.2, -0.15) is 0 Å². The van der Waals surface area contributed by atoms with E-state index in [2.05, 4.69) is 5.32 Å². The van der Waals surface area contributed by atoms with Gasteiger partial charge in [-0.05, 0) is 24.8 Å². The van der Waals surface area contributed by atoms with Crippen LogP contribution in [-0.2, 0) is 14.9 Å². The van der Waals surface area contributed by atoms with Gasteiger partial charge in [0, 0.05) is 19.0 Å². The van der Waals surface area contributed by atoms with Gasteiger partial charge in [0.25, 0.3) is 5.92 Å². The average Bonchev–Trinajstić information content (AvgIpc) is 2.89. The molecule has 0 aromatic heterocycles. The van der Waals surface area contributed by atoms with Gasteiger partial charge in [-0.15, -0.1) is 0 Å². The topological polar surface area (TPSA) is 58.6 Å². The van der Waals surface area contributed by atoms with E-state index in [0.29, 0.717) is 24.9 Å². The fraction of sp³-hybridized carbons (Fsp3) is 0.579. The number of alkyl halides is 2. The molecule has 1 aromatic rings. The molecular weight excluding hydrogens is 342 g/mol. The highest BCUT2D eigenvalue weighted by molar-refractivity contribution is 5.82. The second-order valence-corrected chi connectivity index (χ2v) is 8.13. The highest BCUT2D eigenvalue weighted by Crippen LogP contribution is 2.70. The van der Waals surface area contributed by atoms with Crippen LogP contribution >= 0.6 is 0 Å². The normalized spacial score (nSPS) is 33.8. The first-order chi connectivity index (χ1) is 12.4. The highest BCUT2D eigenvalue weighted by Gasteiger charge is 2.82.